The van der Waals surface area contributed by atoms with Gasteiger partial charge in [0.1, 0.15) is 23.6 Å². The number of aromatic nitrogens is 2. The Morgan fingerprint density at radius 3 is 2.90 bits per heavy atom. The van der Waals surface area contributed by atoms with Gasteiger partial charge in [-0.3, -0.25) is 10.1 Å². The third kappa shape index (κ3) is 2.44. The molecule has 0 aliphatic heterocycles. The number of hydrogen-bond acceptors (Lipinski definition) is 7. The first-order chi connectivity index (χ1) is 9.52. The van der Waals surface area contributed by atoms with Crippen LogP contribution in [0, 0.1) is 27.3 Å². The molecule has 100 valence electrons. The van der Waals surface area contributed by atoms with E-state index in [1.807, 2.05) is 0 Å². The van der Waals surface area contributed by atoms with Crippen LogP contribution >= 0.6 is 0 Å². The summed E-state index contributed by atoms with van der Waals surface area (Å²) in [6.07, 6.45) is 0.864. The van der Waals surface area contributed by atoms with Crippen molar-refractivity contribution in [2.75, 3.05) is 5.73 Å². The average molecular weight is 275 g/mol. The van der Waals surface area contributed by atoms with Crippen molar-refractivity contribution in [2.24, 2.45) is 0 Å². The molecule has 0 saturated carbocycles. The lowest BCUT2D eigenvalue weighted by molar-refractivity contribution is -0.386. The highest BCUT2D eigenvalue weighted by Crippen LogP contribution is 2.31. The molecule has 0 aliphatic rings. The zero-order valence-corrected chi connectivity index (χ0v) is 9.78. The molecule has 2 aromatic rings. The maximum absolute atomic E-state index is 13.4. The monoisotopic (exact) mass is 275 g/mol. The summed E-state index contributed by atoms with van der Waals surface area (Å²) in [5.74, 6) is -1.73. The maximum Gasteiger partial charge on any atom is 0.349 e. The Kier molecular flexibility index (Phi) is 3.39. The van der Waals surface area contributed by atoms with Gasteiger partial charge in [0.25, 0.3) is 0 Å². The molecule has 0 saturated heterocycles. The van der Waals surface area contributed by atoms with Gasteiger partial charge in [-0.05, 0) is 12.1 Å². The molecule has 1 aromatic carbocycles. The zero-order chi connectivity index (χ0) is 14.7. The van der Waals surface area contributed by atoms with Crippen LogP contribution in [0.3, 0.4) is 0 Å². The van der Waals surface area contributed by atoms with Crippen molar-refractivity contribution in [2.45, 2.75) is 0 Å². The minimum Gasteiger partial charge on any atom is -0.432 e. The lowest BCUT2D eigenvalue weighted by Crippen LogP contribution is -2.02. The van der Waals surface area contributed by atoms with Gasteiger partial charge in [0.2, 0.25) is 5.95 Å². The summed E-state index contributed by atoms with van der Waals surface area (Å²) >= 11 is 0. The minimum atomic E-state index is -0.810. The molecular formula is C11H6FN5O3. The summed E-state index contributed by atoms with van der Waals surface area (Å²) < 4.78 is 18.5. The summed E-state index contributed by atoms with van der Waals surface area (Å²) in [4.78, 5) is 17.1. The van der Waals surface area contributed by atoms with Gasteiger partial charge in [0, 0.05) is 0 Å². The molecule has 1 heterocycles. The van der Waals surface area contributed by atoms with Gasteiger partial charge in [-0.1, -0.05) is 6.07 Å². The number of anilines is 1. The van der Waals surface area contributed by atoms with Crippen molar-refractivity contribution in [3.63, 3.8) is 0 Å². The van der Waals surface area contributed by atoms with Crippen LogP contribution in [0.4, 0.5) is 16.0 Å². The van der Waals surface area contributed by atoms with E-state index in [1.54, 1.807) is 6.07 Å². The molecule has 0 fully saturated rings. The number of nitro groups is 1. The molecule has 0 spiro atoms. The summed E-state index contributed by atoms with van der Waals surface area (Å²) in [5.41, 5.74) is 4.38. The predicted molar refractivity (Wildman–Crippen MR) is 64.3 cm³/mol. The largest absolute Gasteiger partial charge is 0.432 e. The van der Waals surface area contributed by atoms with Crippen molar-refractivity contribution in [3.8, 4) is 17.7 Å². The normalized spacial score (nSPS) is 9.80. The van der Waals surface area contributed by atoms with Crippen LogP contribution in [0.5, 0.6) is 11.6 Å². The number of halogens is 1. The summed E-state index contributed by atoms with van der Waals surface area (Å²) in [5, 5.41) is 19.7. The molecule has 2 N–H and O–H groups in total. The van der Waals surface area contributed by atoms with Crippen molar-refractivity contribution in [1.29, 1.82) is 5.26 Å². The fraction of sp³-hybridized carbons (Fsp3) is 0. The third-order valence-electron chi connectivity index (χ3n) is 2.24. The summed E-state index contributed by atoms with van der Waals surface area (Å²) in [6.45, 7) is 0. The Hall–Kier alpha value is -3.28. The van der Waals surface area contributed by atoms with Gasteiger partial charge in [-0.25, -0.2) is 9.37 Å². The minimum absolute atomic E-state index is 0.200. The number of ether oxygens (including phenoxy) is 1. The SMILES string of the molecule is N#Cc1c(F)cccc1Oc1nc(N)ncc1[N+](=O)[O-]. The third-order valence-corrected chi connectivity index (χ3v) is 2.24. The topological polar surface area (TPSA) is 128 Å². The Morgan fingerprint density at radius 2 is 2.25 bits per heavy atom. The number of nitrogens with two attached hydrogens (primary N) is 1. The molecule has 8 nitrogen and oxygen atoms in total. The number of hydrogen-bond donors (Lipinski definition) is 1. The van der Waals surface area contributed by atoms with E-state index in [2.05, 4.69) is 9.97 Å². The molecule has 0 amide bonds. The zero-order valence-electron chi connectivity index (χ0n) is 9.78. The molecule has 1 aromatic heterocycles. The standard InChI is InChI=1S/C11H6FN5O3/c12-7-2-1-3-9(6(7)4-13)20-10-8(17(18)19)5-15-11(14)16-10/h1-3,5H,(H2,14,15,16). The van der Waals surface area contributed by atoms with E-state index in [9.17, 15) is 14.5 Å². The van der Waals surface area contributed by atoms with Gasteiger partial charge >= 0.3 is 11.6 Å². The second-order valence-corrected chi connectivity index (χ2v) is 3.50. The van der Waals surface area contributed by atoms with Gasteiger partial charge in [-0.15, -0.1) is 0 Å². The molecule has 0 aliphatic carbocycles. The predicted octanol–water partition coefficient (Wildman–Crippen LogP) is 1.77. The molecule has 0 unspecified atom stereocenters. The number of rotatable bonds is 3. The van der Waals surface area contributed by atoms with Crippen molar-refractivity contribution in [1.82, 2.24) is 9.97 Å². The Balaban J connectivity index is 2.51. The quantitative estimate of drug-likeness (QED) is 0.667. The van der Waals surface area contributed by atoms with E-state index in [0.29, 0.717) is 0 Å². The highest BCUT2D eigenvalue weighted by atomic mass is 19.1. The lowest BCUT2D eigenvalue weighted by atomic mass is 10.2. The van der Waals surface area contributed by atoms with E-state index in [1.165, 1.54) is 12.1 Å². The van der Waals surface area contributed by atoms with Crippen LogP contribution in [0.25, 0.3) is 0 Å². The van der Waals surface area contributed by atoms with Crippen molar-refractivity contribution in [3.05, 3.63) is 45.9 Å². The van der Waals surface area contributed by atoms with Crippen molar-refractivity contribution < 1.29 is 14.1 Å². The van der Waals surface area contributed by atoms with Gasteiger partial charge in [0.05, 0.1) is 4.92 Å². The van der Waals surface area contributed by atoms with Gasteiger partial charge in [0.15, 0.2) is 5.75 Å². The highest BCUT2D eigenvalue weighted by molar-refractivity contribution is 5.49. The van der Waals surface area contributed by atoms with E-state index < -0.39 is 22.3 Å². The molecule has 2 rings (SSSR count). The molecular weight excluding hydrogens is 269 g/mol. The maximum atomic E-state index is 13.4. The molecule has 0 atom stereocenters. The van der Waals surface area contributed by atoms with E-state index in [0.717, 1.165) is 12.3 Å². The van der Waals surface area contributed by atoms with E-state index in [-0.39, 0.29) is 17.3 Å². The number of nitrogen functional groups attached to an aromatic ring is 1. The van der Waals surface area contributed by atoms with E-state index in [4.69, 9.17) is 15.7 Å². The number of benzene rings is 1. The second-order valence-electron chi connectivity index (χ2n) is 3.50. The van der Waals surface area contributed by atoms with Crippen LogP contribution in [0.15, 0.2) is 24.4 Å². The van der Waals surface area contributed by atoms with Crippen LogP contribution < -0.4 is 10.5 Å². The Bertz CT molecular complexity index is 728. The Morgan fingerprint density at radius 1 is 1.50 bits per heavy atom. The van der Waals surface area contributed by atoms with Gasteiger partial charge < -0.3 is 10.5 Å². The van der Waals surface area contributed by atoms with Gasteiger partial charge in [-0.2, -0.15) is 10.2 Å². The molecule has 9 heteroatoms. The fourth-order valence-corrected chi connectivity index (χ4v) is 1.38. The first-order valence-electron chi connectivity index (χ1n) is 5.16. The summed E-state index contributed by atoms with van der Waals surface area (Å²) in [6, 6.07) is 5.24. The highest BCUT2D eigenvalue weighted by Gasteiger charge is 2.21. The van der Waals surface area contributed by atoms with Crippen LogP contribution in [0.1, 0.15) is 5.56 Å². The molecule has 0 bridgehead atoms. The summed E-state index contributed by atoms with van der Waals surface area (Å²) in [7, 11) is 0. The first-order valence-corrected chi connectivity index (χ1v) is 5.16. The molecule has 0 radical (unpaired) electrons. The first kappa shape index (κ1) is 13.2. The Labute approximate surface area is 111 Å². The van der Waals surface area contributed by atoms with Crippen LogP contribution in [0.2, 0.25) is 0 Å². The van der Waals surface area contributed by atoms with Crippen LogP contribution in [-0.4, -0.2) is 14.9 Å². The average Bonchev–Trinajstić information content (AvgIpc) is 2.38. The fourth-order valence-electron chi connectivity index (χ4n) is 1.38. The number of nitriles is 1. The van der Waals surface area contributed by atoms with E-state index >= 15 is 0 Å². The number of nitrogens with zero attached hydrogens (tertiary/aromatic N) is 4. The second kappa shape index (κ2) is 5.15. The lowest BCUT2D eigenvalue weighted by Gasteiger charge is -2.07. The van der Waals surface area contributed by atoms with Crippen molar-refractivity contribution >= 4 is 11.6 Å². The molecule has 20 heavy (non-hydrogen) atoms. The van der Waals surface area contributed by atoms with Crippen LogP contribution in [-0.2, 0) is 0 Å². The smallest absolute Gasteiger partial charge is 0.349 e.